The van der Waals surface area contributed by atoms with Gasteiger partial charge in [-0.1, -0.05) is 97.1 Å². The summed E-state index contributed by atoms with van der Waals surface area (Å²) in [7, 11) is -3.31. The highest BCUT2D eigenvalue weighted by Gasteiger charge is 2.40. The highest BCUT2D eigenvalue weighted by atomic mass is 31.2. The number of rotatable bonds is 2. The van der Waals surface area contributed by atoms with Crippen molar-refractivity contribution < 1.29 is 4.57 Å². The lowest BCUT2D eigenvalue weighted by molar-refractivity contribution is 0.587. The van der Waals surface area contributed by atoms with E-state index in [1.54, 1.807) is 0 Å². The molecule has 0 spiro atoms. The minimum absolute atomic E-state index is 0.815. The maximum atomic E-state index is 15.7. The second-order valence-corrected chi connectivity index (χ2v) is 10.7. The molecule has 1 atom stereocenters. The molecule has 2 nitrogen and oxygen atoms in total. The molecule has 1 heterocycles. The van der Waals surface area contributed by atoms with Gasteiger partial charge >= 0.3 is 0 Å². The zero-order valence-electron chi connectivity index (χ0n) is 18.0. The zero-order valence-corrected chi connectivity index (χ0v) is 18.9. The minimum Gasteiger partial charge on any atom is -0.289 e. The Kier molecular flexibility index (Phi) is 4.75. The number of benzene rings is 5. The van der Waals surface area contributed by atoms with Crippen molar-refractivity contribution in [2.75, 3.05) is 4.67 Å². The van der Waals surface area contributed by atoms with Crippen molar-refractivity contribution in [2.45, 2.75) is 0 Å². The van der Waals surface area contributed by atoms with Crippen molar-refractivity contribution >= 4 is 29.3 Å². The predicted octanol–water partition coefficient (Wildman–Crippen LogP) is 7.40. The van der Waals surface area contributed by atoms with E-state index in [0.717, 1.165) is 44.2 Å². The van der Waals surface area contributed by atoms with Crippen molar-refractivity contribution in [2.24, 2.45) is 0 Å². The van der Waals surface area contributed by atoms with Crippen molar-refractivity contribution in [1.29, 1.82) is 0 Å². The van der Waals surface area contributed by atoms with Gasteiger partial charge in [-0.25, -0.2) is 0 Å². The number of hydrogen-bond donors (Lipinski definition) is 0. The molecule has 5 aromatic carbocycles. The first kappa shape index (κ1) is 19.8. The standard InChI is InChI=1S/C30H22NOP/c32-33(24-15-5-2-6-16-24)30-22-12-10-20-28(30)26-18-8-7-17-25(26)27-19-9-11-21-29(27)31(33)23-13-3-1-4-14-23/h1-22H. The molecule has 6 rings (SSSR count). The highest BCUT2D eigenvalue weighted by molar-refractivity contribution is 7.80. The summed E-state index contributed by atoms with van der Waals surface area (Å²) >= 11 is 0. The Morgan fingerprint density at radius 3 is 1.64 bits per heavy atom. The van der Waals surface area contributed by atoms with Gasteiger partial charge in [-0.15, -0.1) is 0 Å². The lowest BCUT2D eigenvalue weighted by Crippen LogP contribution is -2.31. The van der Waals surface area contributed by atoms with Gasteiger partial charge in [-0.05, 0) is 53.1 Å². The first-order valence-electron chi connectivity index (χ1n) is 11.1. The number of hydrogen-bond acceptors (Lipinski definition) is 1. The summed E-state index contributed by atoms with van der Waals surface area (Å²) in [6, 6.07) is 44.9. The Hall–Kier alpha value is -3.87. The first-order valence-corrected chi connectivity index (χ1v) is 12.7. The normalized spacial score (nSPS) is 16.7. The van der Waals surface area contributed by atoms with Crippen molar-refractivity contribution in [3.8, 4) is 22.3 Å². The third kappa shape index (κ3) is 3.07. The van der Waals surface area contributed by atoms with Gasteiger partial charge in [-0.3, -0.25) is 9.24 Å². The molecule has 0 radical (unpaired) electrons. The quantitative estimate of drug-likeness (QED) is 0.265. The summed E-state index contributed by atoms with van der Waals surface area (Å²) in [4.78, 5) is 0. The van der Waals surface area contributed by atoms with Crippen molar-refractivity contribution in [3.63, 3.8) is 0 Å². The second-order valence-electron chi connectivity index (χ2n) is 8.14. The van der Waals surface area contributed by atoms with Crippen LogP contribution < -0.4 is 15.3 Å². The monoisotopic (exact) mass is 443 g/mol. The SMILES string of the molecule is O=P1(c2ccccc2)c2ccccc2-c2ccccc2-c2ccccc2N1c1ccccc1. The van der Waals surface area contributed by atoms with Crippen molar-refractivity contribution in [1.82, 2.24) is 0 Å². The molecule has 0 bridgehead atoms. The van der Waals surface area contributed by atoms with Gasteiger partial charge in [0, 0.05) is 21.9 Å². The molecule has 0 saturated carbocycles. The molecule has 1 unspecified atom stereocenters. The molecule has 0 aliphatic carbocycles. The van der Waals surface area contributed by atoms with Crippen LogP contribution in [0.2, 0.25) is 0 Å². The zero-order chi connectivity index (χ0) is 22.3. The van der Waals surface area contributed by atoms with Gasteiger partial charge in [0.05, 0.1) is 5.69 Å². The molecule has 0 fully saturated rings. The number of para-hydroxylation sites is 2. The highest BCUT2D eigenvalue weighted by Crippen LogP contribution is 2.59. The van der Waals surface area contributed by atoms with Gasteiger partial charge in [0.15, 0.2) is 0 Å². The van der Waals surface area contributed by atoms with Crippen LogP contribution in [0.5, 0.6) is 0 Å². The summed E-state index contributed by atoms with van der Waals surface area (Å²) in [6.45, 7) is 0. The van der Waals surface area contributed by atoms with Gasteiger partial charge in [-0.2, -0.15) is 0 Å². The van der Waals surface area contributed by atoms with E-state index >= 15 is 4.57 Å². The van der Waals surface area contributed by atoms with Gasteiger partial charge in [0.25, 0.3) is 0 Å². The summed E-state index contributed by atoms with van der Waals surface area (Å²) in [6.07, 6.45) is 0. The largest absolute Gasteiger partial charge is 0.289 e. The Labute approximate surface area is 194 Å². The summed E-state index contributed by atoms with van der Waals surface area (Å²) in [5.74, 6) is 0. The van der Waals surface area contributed by atoms with Gasteiger partial charge < -0.3 is 0 Å². The third-order valence-electron chi connectivity index (χ3n) is 6.26. The Bertz CT molecular complexity index is 1490. The van der Waals surface area contributed by atoms with E-state index in [4.69, 9.17) is 0 Å². The second kappa shape index (κ2) is 7.92. The van der Waals surface area contributed by atoms with Crippen molar-refractivity contribution in [3.05, 3.63) is 133 Å². The third-order valence-corrected chi connectivity index (χ3v) is 9.31. The van der Waals surface area contributed by atoms with E-state index in [-0.39, 0.29) is 0 Å². The Morgan fingerprint density at radius 2 is 0.939 bits per heavy atom. The summed E-state index contributed by atoms with van der Waals surface area (Å²) in [5, 5.41) is 1.66. The molecule has 5 aromatic rings. The summed E-state index contributed by atoms with van der Waals surface area (Å²) < 4.78 is 17.7. The van der Waals surface area contributed by atoms with Crippen LogP contribution in [-0.4, -0.2) is 0 Å². The van der Waals surface area contributed by atoms with Crippen LogP contribution in [-0.2, 0) is 4.57 Å². The van der Waals surface area contributed by atoms with Crippen LogP contribution in [0, 0.1) is 0 Å². The smallest absolute Gasteiger partial charge is 0.234 e. The average molecular weight is 443 g/mol. The van der Waals surface area contributed by atoms with E-state index in [1.165, 1.54) is 0 Å². The molecular formula is C30H22NOP. The maximum Gasteiger partial charge on any atom is 0.234 e. The molecule has 3 heteroatoms. The van der Waals surface area contributed by atoms with Crippen LogP contribution in [0.25, 0.3) is 22.3 Å². The molecule has 33 heavy (non-hydrogen) atoms. The fraction of sp³-hybridized carbons (Fsp3) is 0. The average Bonchev–Trinajstić information content (AvgIpc) is 2.89. The van der Waals surface area contributed by atoms with Crippen LogP contribution in [0.1, 0.15) is 0 Å². The minimum atomic E-state index is -3.31. The molecule has 158 valence electrons. The molecule has 1 aliphatic rings. The molecule has 0 amide bonds. The number of fused-ring (bicyclic) bond motifs is 5. The fourth-order valence-corrected chi connectivity index (χ4v) is 7.87. The molecule has 1 aliphatic heterocycles. The van der Waals surface area contributed by atoms with Gasteiger partial charge in [0.1, 0.15) is 0 Å². The van der Waals surface area contributed by atoms with Crippen LogP contribution in [0.4, 0.5) is 11.4 Å². The lowest BCUT2D eigenvalue weighted by Gasteiger charge is -2.38. The molecule has 0 N–H and O–H groups in total. The Morgan fingerprint density at radius 1 is 0.455 bits per heavy atom. The van der Waals surface area contributed by atoms with E-state index in [0.29, 0.717) is 0 Å². The fourth-order valence-electron chi connectivity index (χ4n) is 4.82. The van der Waals surface area contributed by atoms with Crippen LogP contribution >= 0.6 is 7.29 Å². The van der Waals surface area contributed by atoms with Gasteiger partial charge in [0.2, 0.25) is 7.29 Å². The molecular weight excluding hydrogens is 421 g/mol. The molecule has 0 saturated heterocycles. The lowest BCUT2D eigenvalue weighted by atomic mass is 9.93. The van der Waals surface area contributed by atoms with E-state index in [9.17, 15) is 0 Å². The number of nitrogens with zero attached hydrogens (tertiary/aromatic N) is 1. The van der Waals surface area contributed by atoms with Crippen LogP contribution in [0.15, 0.2) is 133 Å². The first-order chi connectivity index (χ1) is 16.3. The van der Waals surface area contributed by atoms with E-state index in [2.05, 4.69) is 53.2 Å². The maximum absolute atomic E-state index is 15.7. The van der Waals surface area contributed by atoms with Crippen LogP contribution in [0.3, 0.4) is 0 Å². The summed E-state index contributed by atoms with van der Waals surface area (Å²) in [5.41, 5.74) is 6.17. The predicted molar refractivity (Wildman–Crippen MR) is 139 cm³/mol. The van der Waals surface area contributed by atoms with E-state index < -0.39 is 7.29 Å². The number of anilines is 2. The molecule has 0 aromatic heterocycles. The Balaban J connectivity index is 1.83. The van der Waals surface area contributed by atoms with E-state index in [1.807, 2.05) is 84.9 Å². The topological polar surface area (TPSA) is 20.3 Å².